The van der Waals surface area contributed by atoms with Crippen molar-refractivity contribution in [3.05, 3.63) is 0 Å². The summed E-state index contributed by atoms with van der Waals surface area (Å²) in [7, 11) is 0. The number of nitrogens with one attached hydrogen (secondary N) is 1. The average molecular weight is 288 g/mol. The Balaban J connectivity index is 1.64. The SMILES string of the molecule is O=C(O)C1CSCN1C(=O)NCCOC1CCCC1. The second kappa shape index (κ2) is 7.00. The van der Waals surface area contributed by atoms with Gasteiger partial charge in [-0.15, -0.1) is 11.8 Å². The first-order valence-electron chi connectivity index (χ1n) is 6.65. The summed E-state index contributed by atoms with van der Waals surface area (Å²) in [5.74, 6) is -0.0458. The zero-order valence-corrected chi connectivity index (χ0v) is 11.7. The normalized spacial score (nSPS) is 23.8. The number of urea groups is 1. The predicted molar refractivity (Wildman–Crippen MR) is 72.2 cm³/mol. The quantitative estimate of drug-likeness (QED) is 0.741. The summed E-state index contributed by atoms with van der Waals surface area (Å²) in [5.41, 5.74) is 0. The molecule has 0 spiro atoms. The second-order valence-corrected chi connectivity index (χ2v) is 5.83. The predicted octanol–water partition coefficient (Wildman–Crippen LogP) is 1.11. The lowest BCUT2D eigenvalue weighted by molar-refractivity contribution is -0.140. The van der Waals surface area contributed by atoms with Crippen LogP contribution in [0.4, 0.5) is 4.79 Å². The van der Waals surface area contributed by atoms with Crippen molar-refractivity contribution in [2.24, 2.45) is 0 Å². The number of hydrogen-bond acceptors (Lipinski definition) is 4. The van der Waals surface area contributed by atoms with Gasteiger partial charge in [0, 0.05) is 12.3 Å². The minimum absolute atomic E-state index is 0.313. The molecule has 1 unspecified atom stereocenters. The lowest BCUT2D eigenvalue weighted by Gasteiger charge is -2.21. The molecule has 2 rings (SSSR count). The number of amides is 2. The van der Waals surface area contributed by atoms with Crippen LogP contribution in [0.3, 0.4) is 0 Å². The van der Waals surface area contributed by atoms with Gasteiger partial charge in [-0.25, -0.2) is 9.59 Å². The third kappa shape index (κ3) is 4.01. The van der Waals surface area contributed by atoms with Gasteiger partial charge in [-0.2, -0.15) is 0 Å². The van der Waals surface area contributed by atoms with E-state index in [2.05, 4.69) is 5.32 Å². The molecule has 0 aromatic heterocycles. The van der Waals surface area contributed by atoms with Gasteiger partial charge >= 0.3 is 12.0 Å². The summed E-state index contributed by atoms with van der Waals surface area (Å²) < 4.78 is 5.64. The van der Waals surface area contributed by atoms with E-state index in [4.69, 9.17) is 9.84 Å². The van der Waals surface area contributed by atoms with E-state index in [0.29, 0.717) is 30.9 Å². The molecule has 6 nitrogen and oxygen atoms in total. The van der Waals surface area contributed by atoms with Crippen molar-refractivity contribution >= 4 is 23.8 Å². The topological polar surface area (TPSA) is 78.9 Å². The summed E-state index contributed by atoms with van der Waals surface area (Å²) in [5, 5.41) is 11.7. The van der Waals surface area contributed by atoms with Gasteiger partial charge in [0.1, 0.15) is 6.04 Å². The second-order valence-electron chi connectivity index (χ2n) is 4.83. The fraction of sp³-hybridized carbons (Fsp3) is 0.833. The minimum atomic E-state index is -0.942. The molecule has 2 aliphatic rings. The Morgan fingerprint density at radius 2 is 2.11 bits per heavy atom. The van der Waals surface area contributed by atoms with Gasteiger partial charge in [0.05, 0.1) is 18.6 Å². The van der Waals surface area contributed by atoms with Crippen molar-refractivity contribution in [3.63, 3.8) is 0 Å². The number of ether oxygens (including phenoxy) is 1. The van der Waals surface area contributed by atoms with Crippen molar-refractivity contribution < 1.29 is 19.4 Å². The van der Waals surface area contributed by atoms with Crippen molar-refractivity contribution in [1.29, 1.82) is 0 Å². The highest BCUT2D eigenvalue weighted by molar-refractivity contribution is 7.99. The number of carboxylic acid groups (broad SMARTS) is 1. The Kier molecular flexibility index (Phi) is 5.33. The first kappa shape index (κ1) is 14.5. The van der Waals surface area contributed by atoms with Crippen molar-refractivity contribution in [2.75, 3.05) is 24.8 Å². The van der Waals surface area contributed by atoms with E-state index in [1.807, 2.05) is 0 Å². The molecule has 1 heterocycles. The number of carbonyl (C=O) groups excluding carboxylic acids is 1. The summed E-state index contributed by atoms with van der Waals surface area (Å²) in [6, 6.07) is -1.02. The molecule has 2 N–H and O–H groups in total. The Morgan fingerprint density at radius 3 is 2.79 bits per heavy atom. The summed E-state index contributed by atoms with van der Waals surface area (Å²) in [4.78, 5) is 24.2. The standard InChI is InChI=1S/C12H20N2O4S/c15-11(16)10-7-19-8-14(10)12(17)13-5-6-18-9-3-1-2-4-9/h9-10H,1-8H2,(H,13,17)(H,15,16). The Morgan fingerprint density at radius 1 is 1.37 bits per heavy atom. The van der Waals surface area contributed by atoms with E-state index in [-0.39, 0.29) is 6.03 Å². The highest BCUT2D eigenvalue weighted by atomic mass is 32.2. The largest absolute Gasteiger partial charge is 0.480 e. The Hall–Kier alpha value is -0.950. The molecule has 7 heteroatoms. The lowest BCUT2D eigenvalue weighted by atomic mass is 10.3. The molecule has 0 radical (unpaired) electrons. The number of thioether (sulfide) groups is 1. The van der Waals surface area contributed by atoms with E-state index >= 15 is 0 Å². The van der Waals surface area contributed by atoms with Gasteiger partial charge in [-0.1, -0.05) is 12.8 Å². The van der Waals surface area contributed by atoms with E-state index in [9.17, 15) is 9.59 Å². The van der Waals surface area contributed by atoms with Crippen molar-refractivity contribution in [3.8, 4) is 0 Å². The van der Waals surface area contributed by atoms with Crippen LogP contribution in [0.1, 0.15) is 25.7 Å². The molecule has 0 aromatic carbocycles. The first-order valence-corrected chi connectivity index (χ1v) is 7.80. The molecule has 19 heavy (non-hydrogen) atoms. The van der Waals surface area contributed by atoms with Crippen LogP contribution in [0.2, 0.25) is 0 Å². The Bertz CT molecular complexity index is 334. The van der Waals surface area contributed by atoms with Crippen LogP contribution < -0.4 is 5.32 Å². The maximum atomic E-state index is 11.8. The van der Waals surface area contributed by atoms with E-state index in [0.717, 1.165) is 12.8 Å². The third-order valence-corrected chi connectivity index (χ3v) is 4.47. The van der Waals surface area contributed by atoms with Crippen LogP contribution in [-0.4, -0.2) is 58.9 Å². The molecule has 1 saturated heterocycles. The molecule has 2 amide bonds. The number of carboxylic acids is 1. The van der Waals surface area contributed by atoms with Crippen LogP contribution in [0, 0.1) is 0 Å². The maximum Gasteiger partial charge on any atom is 0.327 e. The summed E-state index contributed by atoms with van der Waals surface area (Å²) in [6.45, 7) is 0.929. The third-order valence-electron chi connectivity index (χ3n) is 3.46. The van der Waals surface area contributed by atoms with Crippen LogP contribution in [0.25, 0.3) is 0 Å². The number of aliphatic carboxylic acids is 1. The van der Waals surface area contributed by atoms with Gasteiger partial charge in [0.25, 0.3) is 0 Å². The number of rotatable bonds is 5. The summed E-state index contributed by atoms with van der Waals surface area (Å²) in [6.07, 6.45) is 5.01. The zero-order chi connectivity index (χ0) is 13.7. The Labute approximate surface area is 116 Å². The molecule has 1 saturated carbocycles. The number of hydrogen-bond donors (Lipinski definition) is 2. The van der Waals surface area contributed by atoms with E-state index in [1.165, 1.54) is 29.5 Å². The fourth-order valence-corrected chi connectivity index (χ4v) is 3.53. The zero-order valence-electron chi connectivity index (χ0n) is 10.8. The smallest absolute Gasteiger partial charge is 0.327 e. The minimum Gasteiger partial charge on any atom is -0.480 e. The number of nitrogens with zero attached hydrogens (tertiary/aromatic N) is 1. The lowest BCUT2D eigenvalue weighted by Crippen LogP contribution is -2.47. The monoisotopic (exact) mass is 288 g/mol. The molecular formula is C12H20N2O4S. The summed E-state index contributed by atoms with van der Waals surface area (Å²) >= 11 is 1.46. The average Bonchev–Trinajstić information content (AvgIpc) is 3.04. The van der Waals surface area contributed by atoms with Gasteiger partial charge in [-0.3, -0.25) is 0 Å². The molecule has 0 bridgehead atoms. The van der Waals surface area contributed by atoms with Crippen LogP contribution in [0.5, 0.6) is 0 Å². The maximum absolute atomic E-state index is 11.8. The molecule has 2 fully saturated rings. The van der Waals surface area contributed by atoms with Gasteiger partial charge in [0.2, 0.25) is 0 Å². The van der Waals surface area contributed by atoms with Crippen molar-refractivity contribution in [2.45, 2.75) is 37.8 Å². The van der Waals surface area contributed by atoms with E-state index in [1.54, 1.807) is 0 Å². The van der Waals surface area contributed by atoms with E-state index < -0.39 is 12.0 Å². The first-order chi connectivity index (χ1) is 9.18. The molecule has 1 atom stereocenters. The molecule has 1 aliphatic carbocycles. The highest BCUT2D eigenvalue weighted by Crippen LogP contribution is 2.21. The van der Waals surface area contributed by atoms with Crippen LogP contribution >= 0.6 is 11.8 Å². The van der Waals surface area contributed by atoms with Crippen molar-refractivity contribution in [1.82, 2.24) is 10.2 Å². The van der Waals surface area contributed by atoms with Gasteiger partial charge in [0.15, 0.2) is 0 Å². The molecule has 0 aromatic rings. The van der Waals surface area contributed by atoms with Gasteiger partial charge < -0.3 is 20.1 Å². The molecule has 108 valence electrons. The van der Waals surface area contributed by atoms with Crippen LogP contribution in [0.15, 0.2) is 0 Å². The fourth-order valence-electron chi connectivity index (χ4n) is 2.39. The van der Waals surface area contributed by atoms with Crippen LogP contribution in [-0.2, 0) is 9.53 Å². The van der Waals surface area contributed by atoms with Gasteiger partial charge in [-0.05, 0) is 12.8 Å². The molecule has 1 aliphatic heterocycles. The number of carbonyl (C=O) groups is 2. The molecular weight excluding hydrogens is 268 g/mol. The highest BCUT2D eigenvalue weighted by Gasteiger charge is 2.34.